The highest BCUT2D eigenvalue weighted by atomic mass is 32.2. The van der Waals surface area contributed by atoms with Crippen molar-refractivity contribution in [3.05, 3.63) is 90.9 Å². The molecule has 4 rings (SSSR count). The number of benzene rings is 1. The molecule has 0 spiro atoms. The Balaban J connectivity index is 1.69. The van der Waals surface area contributed by atoms with E-state index >= 15 is 0 Å². The molecule has 1 aromatic carbocycles. The summed E-state index contributed by atoms with van der Waals surface area (Å²) >= 11 is 0. The van der Waals surface area contributed by atoms with Crippen LogP contribution in [0.4, 0.5) is 11.4 Å². The van der Waals surface area contributed by atoms with E-state index in [2.05, 4.69) is 38.0 Å². The minimum absolute atomic E-state index is 0.0720. The van der Waals surface area contributed by atoms with E-state index in [1.54, 1.807) is 38.6 Å². The van der Waals surface area contributed by atoms with E-state index in [1.165, 1.54) is 17.0 Å². The minimum atomic E-state index is -3.82. The third-order valence-corrected chi connectivity index (χ3v) is 6.73. The van der Waals surface area contributed by atoms with Crippen molar-refractivity contribution in [3.8, 4) is 11.1 Å². The van der Waals surface area contributed by atoms with Crippen LogP contribution in [0.15, 0.2) is 84.0 Å². The third kappa shape index (κ3) is 4.44. The second-order valence-corrected chi connectivity index (χ2v) is 9.00. The van der Waals surface area contributed by atoms with Crippen molar-refractivity contribution < 1.29 is 8.42 Å². The second kappa shape index (κ2) is 8.79. The van der Waals surface area contributed by atoms with Crippen LogP contribution in [0.3, 0.4) is 0 Å². The van der Waals surface area contributed by atoms with Crippen LogP contribution in [0.2, 0.25) is 0 Å². The molecule has 0 aliphatic rings. The number of aromatic nitrogens is 4. The molecule has 0 radical (unpaired) electrons. The van der Waals surface area contributed by atoms with Gasteiger partial charge in [-0.05, 0) is 60.7 Å². The first-order chi connectivity index (χ1) is 15.8. The maximum absolute atomic E-state index is 12.8. The number of aliphatic imine (C=N–C) groups is 1. The molecular weight excluding hydrogens is 436 g/mol. The van der Waals surface area contributed by atoms with Crippen LogP contribution in [-0.4, -0.2) is 34.7 Å². The number of hydrogen-bond donors (Lipinski definition) is 1. The number of anilines is 1. The maximum atomic E-state index is 12.8. The Labute approximate surface area is 192 Å². The van der Waals surface area contributed by atoms with Gasteiger partial charge >= 0.3 is 0 Å². The average molecular weight is 459 g/mol. The Hall–Kier alpha value is -4.11. The number of nitrogens with zero attached hydrogens (tertiary/aromatic N) is 5. The van der Waals surface area contributed by atoms with E-state index < -0.39 is 10.0 Å². The Morgan fingerprint density at radius 1 is 1.03 bits per heavy atom. The van der Waals surface area contributed by atoms with E-state index in [1.807, 2.05) is 30.3 Å². The monoisotopic (exact) mass is 458 g/mol. The molecule has 0 saturated heterocycles. The van der Waals surface area contributed by atoms with Gasteiger partial charge in [0.2, 0.25) is 0 Å². The second-order valence-electron chi connectivity index (χ2n) is 7.37. The Morgan fingerprint density at radius 2 is 1.79 bits per heavy atom. The van der Waals surface area contributed by atoms with Gasteiger partial charge in [0, 0.05) is 36.8 Å². The molecule has 0 unspecified atom stereocenters. The lowest BCUT2D eigenvalue weighted by atomic mass is 9.95. The van der Waals surface area contributed by atoms with E-state index in [0.717, 1.165) is 27.8 Å². The number of hydrogen-bond acceptors (Lipinski definition) is 6. The number of imidazole rings is 1. The lowest BCUT2D eigenvalue weighted by molar-refractivity contribution is 0.590. The molecule has 1 N–H and O–H groups in total. The molecule has 0 atom stereocenters. The van der Waals surface area contributed by atoms with Gasteiger partial charge in [-0.2, -0.15) is 8.42 Å². The number of rotatable bonds is 7. The summed E-state index contributed by atoms with van der Waals surface area (Å²) < 4.78 is 29.8. The van der Waals surface area contributed by atoms with E-state index in [9.17, 15) is 8.42 Å². The van der Waals surface area contributed by atoms with Crippen molar-refractivity contribution in [2.24, 2.45) is 12.0 Å². The summed E-state index contributed by atoms with van der Waals surface area (Å²) in [6.07, 6.45) is 7.86. The highest BCUT2D eigenvalue weighted by Gasteiger charge is 2.20. The summed E-state index contributed by atoms with van der Waals surface area (Å²) in [7, 11) is -2.17. The zero-order chi connectivity index (χ0) is 23.6. The number of aryl methyl sites for hydroxylation is 1. The molecule has 0 aliphatic carbocycles. The fraction of sp³-hybridized carbons (Fsp3) is 0.0833. The van der Waals surface area contributed by atoms with Crippen molar-refractivity contribution in [1.82, 2.24) is 19.5 Å². The van der Waals surface area contributed by atoms with Crippen molar-refractivity contribution >= 4 is 33.7 Å². The zero-order valence-corrected chi connectivity index (χ0v) is 19.0. The minimum Gasteiger partial charge on any atom is -0.321 e. The van der Waals surface area contributed by atoms with Gasteiger partial charge in [0.15, 0.2) is 5.03 Å². The first-order valence-corrected chi connectivity index (χ1v) is 11.5. The van der Waals surface area contributed by atoms with Crippen LogP contribution < -0.4 is 4.72 Å². The summed E-state index contributed by atoms with van der Waals surface area (Å²) in [6, 6.07) is 11.1. The van der Waals surface area contributed by atoms with E-state index in [-0.39, 0.29) is 5.03 Å². The highest BCUT2D eigenvalue weighted by Crippen LogP contribution is 2.34. The molecule has 9 heteroatoms. The number of sulfonamides is 1. The number of pyridine rings is 2. The fourth-order valence-corrected chi connectivity index (χ4v) is 4.61. The lowest BCUT2D eigenvalue weighted by Gasteiger charge is -2.13. The van der Waals surface area contributed by atoms with E-state index in [4.69, 9.17) is 0 Å². The van der Waals surface area contributed by atoms with Gasteiger partial charge in [0.05, 0.1) is 23.8 Å². The summed E-state index contributed by atoms with van der Waals surface area (Å²) in [6.45, 7) is 9.62. The van der Waals surface area contributed by atoms with E-state index in [0.29, 0.717) is 17.2 Å². The molecular formula is C24H22N6O2S. The standard InChI is InChI=1S/C24H22N6O2S/c1-16(18-7-9-26-10-8-18)22-12-19(5-6-23(22)25-3)20-11-21(14-27-13-20)29-33(31,32)24-15-28-17(2)30(24)4/h5-15,29H,1,3H2,2,4H3. The predicted octanol–water partition coefficient (Wildman–Crippen LogP) is 4.38. The van der Waals surface area contributed by atoms with Crippen LogP contribution in [0.5, 0.6) is 0 Å². The van der Waals surface area contributed by atoms with Crippen LogP contribution in [-0.2, 0) is 17.1 Å². The SMILES string of the molecule is C=Nc1ccc(-c2cncc(NS(=O)(=O)c3cnc(C)n3C)c2)cc1C(=C)c1ccncc1. The molecule has 0 fully saturated rings. The van der Waals surface area contributed by atoms with Gasteiger partial charge in [0.1, 0.15) is 5.82 Å². The molecule has 4 aromatic rings. The van der Waals surface area contributed by atoms with Crippen molar-refractivity contribution in [3.63, 3.8) is 0 Å². The topological polar surface area (TPSA) is 102 Å². The molecule has 33 heavy (non-hydrogen) atoms. The molecule has 3 aromatic heterocycles. The molecule has 0 amide bonds. The van der Waals surface area contributed by atoms with Crippen molar-refractivity contribution in [1.29, 1.82) is 0 Å². The summed E-state index contributed by atoms with van der Waals surface area (Å²) in [5.74, 6) is 0.597. The van der Waals surface area contributed by atoms with Gasteiger partial charge in [-0.3, -0.25) is 19.7 Å². The quantitative estimate of drug-likeness (QED) is 0.414. The lowest BCUT2D eigenvalue weighted by Crippen LogP contribution is -2.16. The van der Waals surface area contributed by atoms with Crippen LogP contribution in [0.25, 0.3) is 16.7 Å². The van der Waals surface area contributed by atoms with Gasteiger partial charge < -0.3 is 4.57 Å². The van der Waals surface area contributed by atoms with Gasteiger partial charge in [-0.1, -0.05) is 12.6 Å². The maximum Gasteiger partial charge on any atom is 0.279 e. The molecule has 166 valence electrons. The Bertz CT molecular complexity index is 1460. The van der Waals surface area contributed by atoms with Crippen molar-refractivity contribution in [2.45, 2.75) is 11.9 Å². The molecule has 8 nitrogen and oxygen atoms in total. The molecule has 3 heterocycles. The molecule has 0 aliphatic heterocycles. The molecule has 0 saturated carbocycles. The van der Waals surface area contributed by atoms with Gasteiger partial charge in [0.25, 0.3) is 10.0 Å². The van der Waals surface area contributed by atoms with Gasteiger partial charge in [-0.15, -0.1) is 0 Å². The summed E-state index contributed by atoms with van der Waals surface area (Å²) in [5, 5.41) is 0.0720. The third-order valence-electron chi connectivity index (χ3n) is 5.30. The summed E-state index contributed by atoms with van der Waals surface area (Å²) in [4.78, 5) is 16.5. The molecule has 0 bridgehead atoms. The first-order valence-electron chi connectivity index (χ1n) is 9.97. The van der Waals surface area contributed by atoms with Crippen LogP contribution in [0, 0.1) is 6.92 Å². The Morgan fingerprint density at radius 3 is 2.45 bits per heavy atom. The van der Waals surface area contributed by atoms with Crippen LogP contribution in [0.1, 0.15) is 17.0 Å². The highest BCUT2D eigenvalue weighted by molar-refractivity contribution is 7.92. The average Bonchev–Trinajstić information content (AvgIpc) is 3.17. The first kappa shape index (κ1) is 22.1. The smallest absolute Gasteiger partial charge is 0.279 e. The Kier molecular flexibility index (Phi) is 5.89. The van der Waals surface area contributed by atoms with Crippen LogP contribution >= 0.6 is 0 Å². The summed E-state index contributed by atoms with van der Waals surface area (Å²) in [5.41, 5.74) is 5.10. The van der Waals surface area contributed by atoms with Gasteiger partial charge in [-0.25, -0.2) is 4.98 Å². The van der Waals surface area contributed by atoms with Crippen molar-refractivity contribution in [2.75, 3.05) is 4.72 Å². The zero-order valence-electron chi connectivity index (χ0n) is 18.2. The fourth-order valence-electron chi connectivity index (χ4n) is 3.40. The largest absolute Gasteiger partial charge is 0.321 e. The predicted molar refractivity (Wildman–Crippen MR) is 130 cm³/mol. The number of nitrogens with one attached hydrogen (secondary N) is 1. The normalized spacial score (nSPS) is 11.2.